The number of nitrogens with one attached hydrogen (secondary N) is 1. The Kier molecular flexibility index (Phi) is 4.97. The van der Waals surface area contributed by atoms with Gasteiger partial charge in [-0.1, -0.05) is 48.5 Å². The molecule has 0 atom stereocenters. The highest BCUT2D eigenvalue weighted by Crippen LogP contribution is 2.35. The van der Waals surface area contributed by atoms with Crippen LogP contribution >= 0.6 is 11.3 Å². The van der Waals surface area contributed by atoms with Crippen molar-refractivity contribution >= 4 is 38.9 Å². The molecular formula is C22H17N3O3S. The van der Waals surface area contributed by atoms with Crippen molar-refractivity contribution in [1.82, 2.24) is 4.57 Å². The van der Waals surface area contributed by atoms with Crippen LogP contribution in [0.1, 0.15) is 10.4 Å². The summed E-state index contributed by atoms with van der Waals surface area (Å²) in [6.45, 7) is -0.166. The number of aromatic nitrogens is 1. The summed E-state index contributed by atoms with van der Waals surface area (Å²) in [4.78, 5) is 37.8. The second-order valence-electron chi connectivity index (χ2n) is 6.47. The molecule has 2 aromatic carbocycles. The third-order valence-corrected chi connectivity index (χ3v) is 5.61. The number of pyridine rings is 1. The van der Waals surface area contributed by atoms with E-state index in [1.165, 1.54) is 15.9 Å². The molecule has 0 spiro atoms. The summed E-state index contributed by atoms with van der Waals surface area (Å²) in [7, 11) is 0. The summed E-state index contributed by atoms with van der Waals surface area (Å²) in [6.07, 6.45) is 1.59. The molecular weight excluding hydrogens is 386 g/mol. The largest absolute Gasteiger partial charge is 0.366 e. The smallest absolute Gasteiger partial charge is 0.258 e. The van der Waals surface area contributed by atoms with Crippen LogP contribution in [0.5, 0.6) is 0 Å². The molecule has 0 radical (unpaired) electrons. The normalized spacial score (nSPS) is 10.8. The van der Waals surface area contributed by atoms with E-state index >= 15 is 0 Å². The number of benzene rings is 2. The van der Waals surface area contributed by atoms with E-state index in [0.29, 0.717) is 10.4 Å². The summed E-state index contributed by atoms with van der Waals surface area (Å²) in [5, 5.41) is 4.46. The van der Waals surface area contributed by atoms with E-state index in [0.717, 1.165) is 15.8 Å². The minimum absolute atomic E-state index is 0.166. The Hall–Kier alpha value is -3.71. The molecule has 0 saturated carbocycles. The number of anilines is 1. The fourth-order valence-electron chi connectivity index (χ4n) is 3.09. The van der Waals surface area contributed by atoms with Gasteiger partial charge < -0.3 is 15.6 Å². The van der Waals surface area contributed by atoms with Gasteiger partial charge in [0, 0.05) is 16.5 Å². The van der Waals surface area contributed by atoms with Crippen molar-refractivity contribution in [2.24, 2.45) is 5.73 Å². The number of hydrogen-bond donors (Lipinski definition) is 2. The van der Waals surface area contributed by atoms with Crippen LogP contribution < -0.4 is 16.6 Å². The molecule has 2 heterocycles. The lowest BCUT2D eigenvalue weighted by molar-refractivity contribution is -0.116. The molecule has 7 heteroatoms. The molecule has 29 heavy (non-hydrogen) atoms. The Morgan fingerprint density at radius 2 is 1.72 bits per heavy atom. The van der Waals surface area contributed by atoms with Crippen LogP contribution in [0, 0.1) is 0 Å². The molecule has 0 saturated heterocycles. The minimum Gasteiger partial charge on any atom is -0.366 e. The van der Waals surface area contributed by atoms with Crippen molar-refractivity contribution in [2.45, 2.75) is 6.54 Å². The van der Waals surface area contributed by atoms with E-state index in [9.17, 15) is 14.4 Å². The average molecular weight is 403 g/mol. The number of nitrogens with zero attached hydrogens (tertiary/aromatic N) is 1. The lowest BCUT2D eigenvalue weighted by Crippen LogP contribution is -2.27. The quantitative estimate of drug-likeness (QED) is 0.534. The van der Waals surface area contributed by atoms with Crippen molar-refractivity contribution in [2.75, 3.05) is 5.32 Å². The maximum Gasteiger partial charge on any atom is 0.258 e. The van der Waals surface area contributed by atoms with E-state index in [1.807, 2.05) is 42.5 Å². The molecule has 0 bridgehead atoms. The molecule has 2 amide bonds. The lowest BCUT2D eigenvalue weighted by atomic mass is 10.1. The standard InChI is InChI=1S/C22H17N3O3S/c23-20(27)17-12-18(15-7-2-1-3-8-15)29-21(17)24-19(26)13-25-11-10-14-6-4-5-9-16(14)22(25)28/h1-12H,13H2,(H2,23,27)(H,24,26). The van der Waals surface area contributed by atoms with Crippen LogP contribution in [0.3, 0.4) is 0 Å². The number of fused-ring (bicyclic) bond motifs is 1. The van der Waals surface area contributed by atoms with Gasteiger partial charge in [-0.3, -0.25) is 14.4 Å². The zero-order valence-electron chi connectivity index (χ0n) is 15.3. The Labute approximate surface area is 170 Å². The van der Waals surface area contributed by atoms with Gasteiger partial charge in [-0.25, -0.2) is 0 Å². The first-order valence-electron chi connectivity index (χ1n) is 8.90. The van der Waals surface area contributed by atoms with Crippen molar-refractivity contribution in [3.63, 3.8) is 0 Å². The molecule has 6 nitrogen and oxygen atoms in total. The summed E-state index contributed by atoms with van der Waals surface area (Å²) in [5.41, 5.74) is 6.40. The predicted octanol–water partition coefficient (Wildman–Crippen LogP) is 3.47. The fourth-order valence-corrected chi connectivity index (χ4v) is 4.17. The van der Waals surface area contributed by atoms with Gasteiger partial charge in [0.05, 0.1) is 5.56 Å². The number of primary amides is 1. The number of nitrogens with two attached hydrogens (primary N) is 1. The molecule has 0 aliphatic heterocycles. The molecule has 0 fully saturated rings. The topological polar surface area (TPSA) is 94.2 Å². The van der Waals surface area contributed by atoms with E-state index in [4.69, 9.17) is 5.73 Å². The van der Waals surface area contributed by atoms with E-state index in [2.05, 4.69) is 5.32 Å². The van der Waals surface area contributed by atoms with Crippen LogP contribution in [-0.2, 0) is 11.3 Å². The minimum atomic E-state index is -0.624. The second-order valence-corrected chi connectivity index (χ2v) is 7.52. The Bertz CT molecular complexity index is 1280. The number of amides is 2. The molecule has 144 valence electrons. The predicted molar refractivity (Wildman–Crippen MR) is 115 cm³/mol. The first-order valence-corrected chi connectivity index (χ1v) is 9.71. The monoisotopic (exact) mass is 403 g/mol. The number of carbonyl (C=O) groups is 2. The highest BCUT2D eigenvalue weighted by molar-refractivity contribution is 7.20. The van der Waals surface area contributed by atoms with Gasteiger partial charge in [-0.15, -0.1) is 11.3 Å². The molecule has 0 aliphatic rings. The van der Waals surface area contributed by atoms with Crippen molar-refractivity contribution in [1.29, 1.82) is 0 Å². The summed E-state index contributed by atoms with van der Waals surface area (Å²) < 4.78 is 1.34. The third-order valence-electron chi connectivity index (χ3n) is 4.51. The van der Waals surface area contributed by atoms with Gasteiger partial charge in [0.1, 0.15) is 11.5 Å². The lowest BCUT2D eigenvalue weighted by Gasteiger charge is -2.08. The average Bonchev–Trinajstić information content (AvgIpc) is 3.15. The molecule has 0 unspecified atom stereocenters. The van der Waals surface area contributed by atoms with Gasteiger partial charge >= 0.3 is 0 Å². The zero-order valence-corrected chi connectivity index (χ0v) is 16.1. The first-order chi connectivity index (χ1) is 14.0. The SMILES string of the molecule is NC(=O)c1cc(-c2ccccc2)sc1NC(=O)Cn1ccc2ccccc2c1=O. The van der Waals surface area contributed by atoms with Crippen LogP contribution in [-0.4, -0.2) is 16.4 Å². The summed E-state index contributed by atoms with van der Waals surface area (Å²) >= 11 is 1.27. The van der Waals surface area contributed by atoms with Gasteiger partial charge in [0.2, 0.25) is 5.91 Å². The highest BCUT2D eigenvalue weighted by atomic mass is 32.1. The van der Waals surface area contributed by atoms with Crippen molar-refractivity contribution in [3.8, 4) is 10.4 Å². The molecule has 4 aromatic rings. The van der Waals surface area contributed by atoms with Crippen molar-refractivity contribution in [3.05, 3.63) is 88.8 Å². The second kappa shape index (κ2) is 7.73. The maximum absolute atomic E-state index is 12.6. The van der Waals surface area contributed by atoms with E-state index < -0.39 is 11.8 Å². The Balaban J connectivity index is 1.60. The zero-order chi connectivity index (χ0) is 20.4. The first kappa shape index (κ1) is 18.6. The third kappa shape index (κ3) is 3.81. The van der Waals surface area contributed by atoms with Crippen LogP contribution in [0.25, 0.3) is 21.2 Å². The van der Waals surface area contributed by atoms with Crippen LogP contribution in [0.15, 0.2) is 77.7 Å². The maximum atomic E-state index is 12.6. The molecule has 2 aromatic heterocycles. The van der Waals surface area contributed by atoms with Crippen LogP contribution in [0.4, 0.5) is 5.00 Å². The van der Waals surface area contributed by atoms with Gasteiger partial charge in [-0.2, -0.15) is 0 Å². The Morgan fingerprint density at radius 3 is 2.48 bits per heavy atom. The number of thiophene rings is 1. The molecule has 3 N–H and O–H groups in total. The van der Waals surface area contributed by atoms with Crippen molar-refractivity contribution < 1.29 is 9.59 Å². The van der Waals surface area contributed by atoms with Crippen LogP contribution in [0.2, 0.25) is 0 Å². The van der Waals surface area contributed by atoms with Gasteiger partial charge in [0.25, 0.3) is 11.5 Å². The molecule has 0 aliphatic carbocycles. The van der Waals surface area contributed by atoms with Gasteiger partial charge in [0.15, 0.2) is 0 Å². The van der Waals surface area contributed by atoms with Gasteiger partial charge in [-0.05, 0) is 29.1 Å². The van der Waals surface area contributed by atoms with E-state index in [-0.39, 0.29) is 17.7 Å². The summed E-state index contributed by atoms with van der Waals surface area (Å²) in [5.74, 6) is -1.03. The number of rotatable bonds is 5. The highest BCUT2D eigenvalue weighted by Gasteiger charge is 2.17. The number of hydrogen-bond acceptors (Lipinski definition) is 4. The Morgan fingerprint density at radius 1 is 1.00 bits per heavy atom. The summed E-state index contributed by atoms with van der Waals surface area (Å²) in [6, 6.07) is 20.2. The number of carbonyl (C=O) groups excluding carboxylic acids is 2. The fraction of sp³-hybridized carbons (Fsp3) is 0.0455. The molecule has 4 rings (SSSR count). The van der Waals surface area contributed by atoms with E-state index in [1.54, 1.807) is 30.5 Å².